The highest BCUT2D eigenvalue weighted by molar-refractivity contribution is 5.79. The van der Waals surface area contributed by atoms with Gasteiger partial charge in [0.15, 0.2) is 0 Å². The number of halogens is 1. The molecule has 2 heterocycles. The Morgan fingerprint density at radius 2 is 2.04 bits per heavy atom. The van der Waals surface area contributed by atoms with Crippen molar-refractivity contribution in [1.82, 2.24) is 10.2 Å². The lowest BCUT2D eigenvalue weighted by molar-refractivity contribution is -0.131. The fourth-order valence-corrected chi connectivity index (χ4v) is 3.78. The van der Waals surface area contributed by atoms with Crippen molar-refractivity contribution in [2.75, 3.05) is 37.6 Å². The number of benzene rings is 1. The number of anilines is 1. The maximum Gasteiger partial charge on any atom is 0.222 e. The van der Waals surface area contributed by atoms with E-state index in [4.69, 9.17) is 0 Å². The van der Waals surface area contributed by atoms with Crippen LogP contribution in [0.15, 0.2) is 24.3 Å². The summed E-state index contributed by atoms with van der Waals surface area (Å²) in [5.74, 6) is 0.302. The van der Waals surface area contributed by atoms with Crippen molar-refractivity contribution in [1.29, 1.82) is 0 Å². The fourth-order valence-electron chi connectivity index (χ4n) is 3.78. The molecular weight excluding hydrogens is 333 g/mol. The van der Waals surface area contributed by atoms with Gasteiger partial charge < -0.3 is 15.1 Å². The topological polar surface area (TPSA) is 52.7 Å². The van der Waals surface area contributed by atoms with Gasteiger partial charge in [0.2, 0.25) is 11.8 Å². The van der Waals surface area contributed by atoms with E-state index in [1.54, 1.807) is 12.1 Å². The minimum Gasteiger partial charge on any atom is -0.369 e. The molecule has 0 aliphatic carbocycles. The van der Waals surface area contributed by atoms with E-state index in [1.807, 2.05) is 15.9 Å². The molecule has 1 atom stereocenters. The number of nitrogens with zero attached hydrogens (tertiary/aromatic N) is 2. The second kappa shape index (κ2) is 9.01. The average Bonchev–Trinajstić information content (AvgIpc) is 3.01. The molecule has 0 bridgehead atoms. The smallest absolute Gasteiger partial charge is 0.222 e. The number of likely N-dealkylation sites (tertiary alicyclic amines) is 1. The van der Waals surface area contributed by atoms with E-state index < -0.39 is 0 Å². The van der Waals surface area contributed by atoms with E-state index in [0.29, 0.717) is 37.5 Å². The Kier molecular flexibility index (Phi) is 6.47. The van der Waals surface area contributed by atoms with Crippen molar-refractivity contribution in [3.05, 3.63) is 30.1 Å². The minimum atomic E-state index is -0.195. The highest BCUT2D eigenvalue weighted by atomic mass is 19.1. The summed E-state index contributed by atoms with van der Waals surface area (Å²) in [5, 5.41) is 2.98. The number of carbonyl (C=O) groups is 2. The van der Waals surface area contributed by atoms with E-state index in [-0.39, 0.29) is 17.6 Å². The summed E-state index contributed by atoms with van der Waals surface area (Å²) in [6.45, 7) is 3.45. The van der Waals surface area contributed by atoms with Crippen LogP contribution >= 0.6 is 0 Å². The van der Waals surface area contributed by atoms with Gasteiger partial charge in [-0.3, -0.25) is 9.59 Å². The van der Waals surface area contributed by atoms with E-state index in [2.05, 4.69) is 5.32 Å². The zero-order chi connectivity index (χ0) is 18.4. The van der Waals surface area contributed by atoms with Crippen LogP contribution in [0.1, 0.15) is 38.5 Å². The lowest BCUT2D eigenvalue weighted by Crippen LogP contribution is -2.36. The van der Waals surface area contributed by atoms with Crippen LogP contribution in [0.3, 0.4) is 0 Å². The van der Waals surface area contributed by atoms with Crippen molar-refractivity contribution in [3.8, 4) is 0 Å². The maximum absolute atomic E-state index is 13.9. The van der Waals surface area contributed by atoms with Crippen LogP contribution in [0.25, 0.3) is 0 Å². The fraction of sp³-hybridized carbons (Fsp3) is 0.600. The molecular formula is C20H28FN3O2. The Labute approximate surface area is 154 Å². The largest absolute Gasteiger partial charge is 0.369 e. The number of nitrogens with one attached hydrogen (secondary N) is 1. The third kappa shape index (κ3) is 4.96. The number of hydrogen-bond donors (Lipinski definition) is 1. The second-order valence-electron chi connectivity index (χ2n) is 7.30. The summed E-state index contributed by atoms with van der Waals surface area (Å²) in [4.78, 5) is 27.9. The molecule has 2 amide bonds. The number of amides is 2. The van der Waals surface area contributed by atoms with Crippen molar-refractivity contribution < 1.29 is 14.0 Å². The summed E-state index contributed by atoms with van der Waals surface area (Å²) in [7, 11) is 0. The van der Waals surface area contributed by atoms with Crippen molar-refractivity contribution in [3.63, 3.8) is 0 Å². The molecule has 0 aromatic heterocycles. The zero-order valence-electron chi connectivity index (χ0n) is 15.3. The van der Waals surface area contributed by atoms with E-state index in [1.165, 1.54) is 6.07 Å². The maximum atomic E-state index is 13.9. The summed E-state index contributed by atoms with van der Waals surface area (Å²) in [6.07, 6.45) is 4.99. The van der Waals surface area contributed by atoms with Crippen LogP contribution in [0.2, 0.25) is 0 Å². The first-order valence-corrected chi connectivity index (χ1v) is 9.67. The van der Waals surface area contributed by atoms with Crippen LogP contribution in [0.5, 0.6) is 0 Å². The van der Waals surface area contributed by atoms with Crippen LogP contribution in [0.4, 0.5) is 10.1 Å². The standard InChI is InChI=1S/C20H28FN3O2/c21-17-6-3-4-7-18(17)24-12-9-16(15-24)14-22-19(25)10-13-23-11-5-1-2-8-20(23)26/h3-4,6-7,16H,1-2,5,8-15H2,(H,22,25)/t16-/m1/s1. The normalized spacial score (nSPS) is 21.0. The second-order valence-corrected chi connectivity index (χ2v) is 7.30. The van der Waals surface area contributed by atoms with Gasteiger partial charge in [-0.05, 0) is 37.3 Å². The Morgan fingerprint density at radius 3 is 2.88 bits per heavy atom. The van der Waals surface area contributed by atoms with Gasteiger partial charge >= 0.3 is 0 Å². The monoisotopic (exact) mass is 361 g/mol. The number of carbonyl (C=O) groups excluding carboxylic acids is 2. The molecule has 1 aromatic carbocycles. The van der Waals surface area contributed by atoms with Crippen LogP contribution in [-0.4, -0.2) is 49.4 Å². The summed E-state index contributed by atoms with van der Waals surface area (Å²) >= 11 is 0. The molecule has 0 unspecified atom stereocenters. The molecule has 1 N–H and O–H groups in total. The van der Waals surface area contributed by atoms with Gasteiger partial charge in [-0.15, -0.1) is 0 Å². The molecule has 2 fully saturated rings. The Bertz CT molecular complexity index is 637. The molecule has 142 valence electrons. The molecule has 6 heteroatoms. The Morgan fingerprint density at radius 1 is 1.19 bits per heavy atom. The molecule has 1 aromatic rings. The molecule has 2 aliphatic heterocycles. The number of para-hydroxylation sites is 1. The predicted molar refractivity (Wildman–Crippen MR) is 99.4 cm³/mol. The first-order chi connectivity index (χ1) is 12.6. The lowest BCUT2D eigenvalue weighted by Gasteiger charge is -2.21. The quantitative estimate of drug-likeness (QED) is 0.847. The van der Waals surface area contributed by atoms with Gasteiger partial charge in [0.1, 0.15) is 5.82 Å². The highest BCUT2D eigenvalue weighted by Crippen LogP contribution is 2.25. The molecule has 2 saturated heterocycles. The first kappa shape index (κ1) is 18.7. The molecule has 0 radical (unpaired) electrons. The van der Waals surface area contributed by atoms with Gasteiger partial charge in [-0.2, -0.15) is 0 Å². The summed E-state index contributed by atoms with van der Waals surface area (Å²) in [6, 6.07) is 6.82. The van der Waals surface area contributed by atoms with Gasteiger partial charge in [0.25, 0.3) is 0 Å². The molecule has 0 spiro atoms. The van der Waals surface area contributed by atoms with E-state index in [0.717, 1.165) is 45.3 Å². The molecule has 3 rings (SSSR count). The average molecular weight is 361 g/mol. The third-order valence-electron chi connectivity index (χ3n) is 5.35. The Balaban J connectivity index is 1.38. The lowest BCUT2D eigenvalue weighted by atomic mass is 10.1. The van der Waals surface area contributed by atoms with Crippen molar-refractivity contribution in [2.24, 2.45) is 5.92 Å². The van der Waals surface area contributed by atoms with Gasteiger partial charge in [0.05, 0.1) is 5.69 Å². The molecule has 26 heavy (non-hydrogen) atoms. The molecule has 2 aliphatic rings. The van der Waals surface area contributed by atoms with Crippen LogP contribution in [-0.2, 0) is 9.59 Å². The highest BCUT2D eigenvalue weighted by Gasteiger charge is 2.25. The summed E-state index contributed by atoms with van der Waals surface area (Å²) < 4.78 is 13.9. The van der Waals surface area contributed by atoms with Crippen molar-refractivity contribution in [2.45, 2.75) is 38.5 Å². The third-order valence-corrected chi connectivity index (χ3v) is 5.35. The van der Waals surface area contributed by atoms with Crippen LogP contribution in [0, 0.1) is 11.7 Å². The van der Waals surface area contributed by atoms with Gasteiger partial charge in [-0.1, -0.05) is 18.6 Å². The minimum absolute atomic E-state index is 0.00797. The number of hydrogen-bond acceptors (Lipinski definition) is 3. The Hall–Kier alpha value is -2.11. The van der Waals surface area contributed by atoms with E-state index in [9.17, 15) is 14.0 Å². The molecule has 5 nitrogen and oxygen atoms in total. The predicted octanol–water partition coefficient (Wildman–Crippen LogP) is 2.56. The van der Waals surface area contributed by atoms with Gasteiger partial charge in [-0.25, -0.2) is 4.39 Å². The summed E-state index contributed by atoms with van der Waals surface area (Å²) in [5.41, 5.74) is 0.640. The first-order valence-electron chi connectivity index (χ1n) is 9.67. The van der Waals surface area contributed by atoms with Gasteiger partial charge in [0, 0.05) is 45.6 Å². The van der Waals surface area contributed by atoms with E-state index >= 15 is 0 Å². The molecule has 0 saturated carbocycles. The van der Waals surface area contributed by atoms with Crippen LogP contribution < -0.4 is 10.2 Å². The zero-order valence-corrected chi connectivity index (χ0v) is 15.3. The number of rotatable bonds is 6. The van der Waals surface area contributed by atoms with Crippen molar-refractivity contribution >= 4 is 17.5 Å². The SMILES string of the molecule is O=C(CCN1CCCCCC1=O)NC[C@H]1CCN(c2ccccc2F)C1.